The average Bonchev–Trinajstić information content (AvgIpc) is 3.11. The van der Waals surface area contributed by atoms with Crippen LogP contribution in [-0.4, -0.2) is 65.9 Å². The number of aromatic nitrogens is 2. The minimum Gasteiger partial charge on any atom is -0.312 e. The number of piperazine rings is 1. The lowest BCUT2D eigenvalue weighted by Crippen LogP contribution is -2.45. The molecular formula is C21H30N6. The van der Waals surface area contributed by atoms with E-state index in [0.717, 1.165) is 37.3 Å². The van der Waals surface area contributed by atoms with Crippen molar-refractivity contribution in [2.75, 3.05) is 46.3 Å². The average molecular weight is 367 g/mol. The van der Waals surface area contributed by atoms with Gasteiger partial charge in [-0.1, -0.05) is 30.3 Å². The molecule has 144 valence electrons. The first-order valence-corrected chi connectivity index (χ1v) is 9.86. The van der Waals surface area contributed by atoms with Crippen molar-refractivity contribution < 1.29 is 0 Å². The number of hydrogen-bond donors (Lipinski definition) is 1. The highest BCUT2D eigenvalue weighted by Crippen LogP contribution is 2.22. The summed E-state index contributed by atoms with van der Waals surface area (Å²) in [4.78, 5) is 4.95. The van der Waals surface area contributed by atoms with E-state index in [1.807, 2.05) is 22.9 Å². The van der Waals surface area contributed by atoms with Crippen LogP contribution in [0.5, 0.6) is 0 Å². The monoisotopic (exact) mass is 366 g/mol. The Morgan fingerprint density at radius 3 is 2.63 bits per heavy atom. The normalized spacial score (nSPS) is 15.7. The van der Waals surface area contributed by atoms with Crippen molar-refractivity contribution in [1.29, 1.82) is 5.26 Å². The van der Waals surface area contributed by atoms with Crippen LogP contribution in [0.1, 0.15) is 18.4 Å². The largest absolute Gasteiger partial charge is 0.312 e. The lowest BCUT2D eigenvalue weighted by molar-refractivity contribution is 0.153. The molecule has 2 aromatic rings. The van der Waals surface area contributed by atoms with E-state index in [-0.39, 0.29) is 0 Å². The molecule has 0 amide bonds. The zero-order chi connectivity index (χ0) is 18.9. The number of nitrogens with zero attached hydrogens (tertiary/aromatic N) is 5. The summed E-state index contributed by atoms with van der Waals surface area (Å²) in [5.74, 6) is 0. The summed E-state index contributed by atoms with van der Waals surface area (Å²) < 4.78 is 1.90. The minimum absolute atomic E-state index is 0.480. The van der Waals surface area contributed by atoms with Gasteiger partial charge in [-0.05, 0) is 26.6 Å². The molecule has 0 unspecified atom stereocenters. The Morgan fingerprint density at radius 2 is 1.89 bits per heavy atom. The van der Waals surface area contributed by atoms with Crippen molar-refractivity contribution >= 4 is 0 Å². The number of nitrogens with one attached hydrogen (secondary N) is 1. The number of benzene rings is 1. The third-order valence-corrected chi connectivity index (χ3v) is 5.08. The van der Waals surface area contributed by atoms with Gasteiger partial charge in [-0.2, -0.15) is 10.4 Å². The topological polar surface area (TPSA) is 60.1 Å². The van der Waals surface area contributed by atoms with E-state index in [9.17, 15) is 0 Å². The molecule has 1 N–H and O–H groups in total. The molecule has 6 nitrogen and oxygen atoms in total. The number of rotatable bonds is 9. The summed E-state index contributed by atoms with van der Waals surface area (Å²) in [5.41, 5.74) is 3.33. The van der Waals surface area contributed by atoms with Crippen LogP contribution in [0.3, 0.4) is 0 Å². The van der Waals surface area contributed by atoms with E-state index in [1.54, 1.807) is 0 Å². The molecule has 3 rings (SSSR count). The van der Waals surface area contributed by atoms with Crippen LogP contribution in [-0.2, 0) is 13.1 Å². The molecule has 1 aromatic carbocycles. The molecule has 0 saturated carbocycles. The van der Waals surface area contributed by atoms with Crippen LogP contribution >= 0.6 is 0 Å². The molecule has 0 bridgehead atoms. The molecule has 0 radical (unpaired) electrons. The lowest BCUT2D eigenvalue weighted by atomic mass is 10.1. The summed E-state index contributed by atoms with van der Waals surface area (Å²) in [5, 5.41) is 17.1. The quantitative estimate of drug-likeness (QED) is 0.690. The molecular weight excluding hydrogens is 336 g/mol. The van der Waals surface area contributed by atoms with E-state index >= 15 is 0 Å². The summed E-state index contributed by atoms with van der Waals surface area (Å²) >= 11 is 0. The Morgan fingerprint density at radius 1 is 1.11 bits per heavy atom. The molecule has 1 aliphatic rings. The summed E-state index contributed by atoms with van der Waals surface area (Å²) in [6.07, 6.45) is 3.72. The summed E-state index contributed by atoms with van der Waals surface area (Å²) in [6.45, 7) is 8.32. The molecule has 1 saturated heterocycles. The fraction of sp³-hybridized carbons (Fsp3) is 0.524. The van der Waals surface area contributed by atoms with Crippen LogP contribution < -0.4 is 5.32 Å². The van der Waals surface area contributed by atoms with E-state index in [0.29, 0.717) is 13.0 Å². The van der Waals surface area contributed by atoms with Crippen molar-refractivity contribution in [3.8, 4) is 17.3 Å². The van der Waals surface area contributed by atoms with Crippen LogP contribution in [0.2, 0.25) is 0 Å². The molecule has 0 aliphatic carbocycles. The minimum atomic E-state index is 0.480. The first kappa shape index (κ1) is 19.6. The Labute approximate surface area is 162 Å². The molecule has 0 spiro atoms. The summed E-state index contributed by atoms with van der Waals surface area (Å²) in [7, 11) is 2.19. The molecule has 6 heteroatoms. The van der Waals surface area contributed by atoms with Gasteiger partial charge in [0.1, 0.15) is 0 Å². The van der Waals surface area contributed by atoms with Gasteiger partial charge in [-0.25, -0.2) is 0 Å². The Kier molecular flexibility index (Phi) is 7.40. The van der Waals surface area contributed by atoms with Crippen LogP contribution in [0, 0.1) is 11.3 Å². The van der Waals surface area contributed by atoms with Crippen LogP contribution in [0.25, 0.3) is 11.3 Å². The van der Waals surface area contributed by atoms with Gasteiger partial charge in [0.15, 0.2) is 0 Å². The number of likely N-dealkylation sites (N-methyl/N-ethyl adjacent to an activating group) is 1. The van der Waals surface area contributed by atoms with Gasteiger partial charge in [0.25, 0.3) is 0 Å². The van der Waals surface area contributed by atoms with E-state index in [4.69, 9.17) is 10.4 Å². The lowest BCUT2D eigenvalue weighted by Gasteiger charge is -2.32. The third kappa shape index (κ3) is 5.90. The Hall–Kier alpha value is -2.20. The fourth-order valence-electron chi connectivity index (χ4n) is 3.43. The fourth-order valence-corrected chi connectivity index (χ4v) is 3.43. The smallest absolute Gasteiger partial charge is 0.0968 e. The predicted molar refractivity (Wildman–Crippen MR) is 108 cm³/mol. The standard InChI is InChI=1S/C21H30N6/c1-25-13-15-26(16-14-25)11-6-10-23-17-20-18-27(12-5-9-22)24-21(20)19-7-3-2-4-8-19/h2-4,7-8,18,23H,5-6,10-17H2,1H3. The second kappa shape index (κ2) is 10.2. The van der Waals surface area contributed by atoms with Crippen molar-refractivity contribution in [2.45, 2.75) is 25.9 Å². The van der Waals surface area contributed by atoms with Gasteiger partial charge < -0.3 is 15.1 Å². The van der Waals surface area contributed by atoms with Crippen molar-refractivity contribution in [2.24, 2.45) is 0 Å². The van der Waals surface area contributed by atoms with Gasteiger partial charge >= 0.3 is 0 Å². The van der Waals surface area contributed by atoms with E-state index < -0.39 is 0 Å². The molecule has 27 heavy (non-hydrogen) atoms. The Balaban J connectivity index is 1.51. The maximum Gasteiger partial charge on any atom is 0.0968 e. The van der Waals surface area contributed by atoms with Crippen LogP contribution in [0.4, 0.5) is 0 Å². The molecule has 2 heterocycles. The summed E-state index contributed by atoms with van der Waals surface area (Å²) in [6, 6.07) is 12.5. The predicted octanol–water partition coefficient (Wildman–Crippen LogP) is 2.19. The highest BCUT2D eigenvalue weighted by atomic mass is 15.3. The van der Waals surface area contributed by atoms with Crippen molar-refractivity contribution in [3.63, 3.8) is 0 Å². The molecule has 0 atom stereocenters. The maximum absolute atomic E-state index is 8.83. The zero-order valence-electron chi connectivity index (χ0n) is 16.3. The van der Waals surface area contributed by atoms with Crippen molar-refractivity contribution in [1.82, 2.24) is 24.9 Å². The van der Waals surface area contributed by atoms with E-state index in [2.05, 4.69) is 46.6 Å². The number of hydrogen-bond acceptors (Lipinski definition) is 5. The van der Waals surface area contributed by atoms with Gasteiger partial charge in [-0.15, -0.1) is 0 Å². The van der Waals surface area contributed by atoms with Gasteiger partial charge in [0.2, 0.25) is 0 Å². The first-order valence-electron chi connectivity index (χ1n) is 9.86. The van der Waals surface area contributed by atoms with Crippen LogP contribution in [0.15, 0.2) is 36.5 Å². The van der Waals surface area contributed by atoms with Crippen molar-refractivity contribution in [3.05, 3.63) is 42.1 Å². The number of aryl methyl sites for hydroxylation is 1. The first-order chi connectivity index (χ1) is 13.3. The Bertz CT molecular complexity index is 725. The molecule has 1 aromatic heterocycles. The third-order valence-electron chi connectivity index (χ3n) is 5.08. The zero-order valence-corrected chi connectivity index (χ0v) is 16.3. The highest BCUT2D eigenvalue weighted by Gasteiger charge is 2.13. The molecule has 1 fully saturated rings. The van der Waals surface area contributed by atoms with E-state index in [1.165, 1.54) is 31.7 Å². The van der Waals surface area contributed by atoms with Gasteiger partial charge in [0, 0.05) is 50.0 Å². The SMILES string of the molecule is CN1CCN(CCCNCc2cn(CCC#N)nc2-c2ccccc2)CC1. The second-order valence-corrected chi connectivity index (χ2v) is 7.22. The highest BCUT2D eigenvalue weighted by molar-refractivity contribution is 5.62. The number of nitriles is 1. The maximum atomic E-state index is 8.83. The second-order valence-electron chi connectivity index (χ2n) is 7.22. The van der Waals surface area contributed by atoms with Gasteiger partial charge in [0.05, 0.1) is 24.7 Å². The van der Waals surface area contributed by atoms with Gasteiger partial charge in [-0.3, -0.25) is 4.68 Å². The molecule has 1 aliphatic heterocycles.